The number of carbonyl (C=O) groups excluding carboxylic acids is 1. The number of aliphatic hydroxyl groups excluding tert-OH is 1. The van der Waals surface area contributed by atoms with Crippen LogP contribution < -0.4 is 10.2 Å². The van der Waals surface area contributed by atoms with Crippen molar-refractivity contribution in [3.05, 3.63) is 22.2 Å². The zero-order valence-corrected chi connectivity index (χ0v) is 12.1. The van der Waals surface area contributed by atoms with Gasteiger partial charge in [0.1, 0.15) is 0 Å². The fraction of sp³-hybridized carbons (Fsp3) is 0.462. The molecule has 0 aromatic heterocycles. The molecule has 3 N–H and O–H groups in total. The fourth-order valence-corrected chi connectivity index (χ4v) is 3.26. The summed E-state index contributed by atoms with van der Waals surface area (Å²) in [6, 6.07) is 3.61. The number of nitrogens with zero attached hydrogens (tertiary/aromatic N) is 1. The van der Waals surface area contributed by atoms with Gasteiger partial charge in [0.15, 0.2) is 6.10 Å². The van der Waals surface area contributed by atoms with Crippen LogP contribution in [0.1, 0.15) is 25.0 Å². The van der Waals surface area contributed by atoms with Crippen LogP contribution in [0.15, 0.2) is 16.6 Å². The van der Waals surface area contributed by atoms with Crippen molar-refractivity contribution in [3.63, 3.8) is 0 Å². The van der Waals surface area contributed by atoms with E-state index in [-0.39, 0.29) is 0 Å². The zero-order valence-electron chi connectivity index (χ0n) is 10.5. The summed E-state index contributed by atoms with van der Waals surface area (Å²) < 4.78 is 0.819. The topological polar surface area (TPSA) is 72.8 Å². The number of carbonyl (C=O) groups is 1. The Hall–Kier alpha value is -1.11. The summed E-state index contributed by atoms with van der Waals surface area (Å²) in [6.07, 6.45) is -0.382. The maximum Gasteiger partial charge on any atom is 0.257 e. The SMILES string of the molecule is CC1(O)CCN(c2cc3c(cc2Br)C(O)C(=O)N3)C1. The highest BCUT2D eigenvalue weighted by molar-refractivity contribution is 9.10. The number of benzene rings is 1. The van der Waals surface area contributed by atoms with E-state index in [0.717, 1.165) is 16.7 Å². The van der Waals surface area contributed by atoms with Crippen LogP contribution in [-0.4, -0.2) is 34.8 Å². The van der Waals surface area contributed by atoms with E-state index < -0.39 is 17.6 Å². The molecule has 2 aliphatic rings. The van der Waals surface area contributed by atoms with Crippen LogP contribution in [0.3, 0.4) is 0 Å². The molecule has 0 bridgehead atoms. The zero-order chi connectivity index (χ0) is 13.8. The van der Waals surface area contributed by atoms with E-state index in [4.69, 9.17) is 0 Å². The standard InChI is InChI=1S/C13H15BrN2O3/c1-13(19)2-3-16(6-13)10-5-9-7(4-8(10)14)11(17)12(18)15-9/h4-5,11,17,19H,2-3,6H2,1H3,(H,15,18). The van der Waals surface area contributed by atoms with Gasteiger partial charge in [0.05, 0.1) is 11.3 Å². The van der Waals surface area contributed by atoms with Gasteiger partial charge in [-0.05, 0) is 41.4 Å². The highest BCUT2D eigenvalue weighted by atomic mass is 79.9. The largest absolute Gasteiger partial charge is 0.388 e. The van der Waals surface area contributed by atoms with Gasteiger partial charge in [0.2, 0.25) is 0 Å². The number of hydrogen-bond acceptors (Lipinski definition) is 4. The van der Waals surface area contributed by atoms with Crippen LogP contribution in [0.4, 0.5) is 11.4 Å². The van der Waals surface area contributed by atoms with Crippen molar-refractivity contribution in [1.29, 1.82) is 0 Å². The van der Waals surface area contributed by atoms with E-state index in [2.05, 4.69) is 26.1 Å². The summed E-state index contributed by atoms with van der Waals surface area (Å²) in [5, 5.41) is 22.4. The predicted molar refractivity (Wildman–Crippen MR) is 75.2 cm³/mol. The van der Waals surface area contributed by atoms with E-state index in [1.807, 2.05) is 13.0 Å². The number of halogens is 1. The van der Waals surface area contributed by atoms with Crippen molar-refractivity contribution in [2.45, 2.75) is 25.0 Å². The molecular formula is C13H15BrN2O3. The average Bonchev–Trinajstić information content (AvgIpc) is 2.81. The first-order chi connectivity index (χ1) is 8.87. The van der Waals surface area contributed by atoms with Crippen molar-refractivity contribution < 1.29 is 15.0 Å². The second-order valence-electron chi connectivity index (χ2n) is 5.45. The first kappa shape index (κ1) is 12.9. The molecule has 0 spiro atoms. The molecule has 5 nitrogen and oxygen atoms in total. The highest BCUT2D eigenvalue weighted by Gasteiger charge is 2.34. The second kappa shape index (κ2) is 4.19. The van der Waals surface area contributed by atoms with Gasteiger partial charge in [-0.15, -0.1) is 0 Å². The van der Waals surface area contributed by atoms with Crippen LogP contribution in [0.25, 0.3) is 0 Å². The Kier molecular flexibility index (Phi) is 2.85. The first-order valence-corrected chi connectivity index (χ1v) is 6.96. The molecule has 6 heteroatoms. The number of nitrogens with one attached hydrogen (secondary N) is 1. The summed E-state index contributed by atoms with van der Waals surface area (Å²) in [4.78, 5) is 13.5. The molecule has 1 fully saturated rings. The van der Waals surface area contributed by atoms with Crippen molar-refractivity contribution in [1.82, 2.24) is 0 Å². The fourth-order valence-electron chi connectivity index (χ4n) is 2.65. The lowest BCUT2D eigenvalue weighted by Crippen LogP contribution is -2.29. The maximum atomic E-state index is 11.4. The molecule has 102 valence electrons. The lowest BCUT2D eigenvalue weighted by atomic mass is 10.1. The molecule has 1 saturated heterocycles. The Morgan fingerprint density at radius 3 is 2.89 bits per heavy atom. The quantitative estimate of drug-likeness (QED) is 0.729. The third kappa shape index (κ3) is 2.13. The Morgan fingerprint density at radius 2 is 2.26 bits per heavy atom. The van der Waals surface area contributed by atoms with E-state index in [9.17, 15) is 15.0 Å². The number of aliphatic hydroxyl groups is 2. The molecule has 0 radical (unpaired) electrons. The lowest BCUT2D eigenvalue weighted by Gasteiger charge is -2.23. The minimum absolute atomic E-state index is 0.396. The first-order valence-electron chi connectivity index (χ1n) is 6.17. The number of fused-ring (bicyclic) bond motifs is 1. The van der Waals surface area contributed by atoms with E-state index >= 15 is 0 Å². The third-order valence-corrected chi connectivity index (χ3v) is 4.35. The molecule has 19 heavy (non-hydrogen) atoms. The van der Waals surface area contributed by atoms with E-state index in [1.54, 1.807) is 6.07 Å². The maximum absolute atomic E-state index is 11.4. The molecule has 2 atom stereocenters. The van der Waals surface area contributed by atoms with Crippen molar-refractivity contribution in [3.8, 4) is 0 Å². The lowest BCUT2D eigenvalue weighted by molar-refractivity contribution is -0.123. The molecular weight excluding hydrogens is 312 g/mol. The number of rotatable bonds is 1. The highest BCUT2D eigenvalue weighted by Crippen LogP contribution is 2.40. The van der Waals surface area contributed by atoms with E-state index in [0.29, 0.717) is 24.2 Å². The van der Waals surface area contributed by atoms with Crippen LogP contribution in [0, 0.1) is 0 Å². The molecule has 1 aromatic carbocycles. The van der Waals surface area contributed by atoms with Gasteiger partial charge >= 0.3 is 0 Å². The monoisotopic (exact) mass is 326 g/mol. The molecule has 0 aliphatic carbocycles. The normalized spacial score (nSPS) is 29.6. The predicted octanol–water partition coefficient (Wildman–Crippen LogP) is 1.40. The van der Waals surface area contributed by atoms with Crippen molar-refractivity contribution >= 4 is 33.2 Å². The van der Waals surface area contributed by atoms with Crippen LogP contribution >= 0.6 is 15.9 Å². The van der Waals surface area contributed by atoms with Gasteiger partial charge in [-0.2, -0.15) is 0 Å². The minimum atomic E-state index is -1.10. The Morgan fingerprint density at radius 1 is 1.53 bits per heavy atom. The Bertz CT molecular complexity index is 559. The number of β-amino-alcohol motifs (C(OH)–C–C–N with tert-alkyl or cyclic N) is 1. The van der Waals surface area contributed by atoms with E-state index in [1.165, 1.54) is 0 Å². The van der Waals surface area contributed by atoms with Crippen LogP contribution in [-0.2, 0) is 4.79 Å². The molecule has 3 rings (SSSR count). The molecule has 1 aromatic rings. The minimum Gasteiger partial charge on any atom is -0.388 e. The molecule has 1 amide bonds. The summed E-state index contributed by atoms with van der Waals surface area (Å²) in [5.74, 6) is -0.396. The summed E-state index contributed by atoms with van der Waals surface area (Å²) in [5.41, 5.74) is 1.47. The molecule has 2 unspecified atom stereocenters. The number of hydrogen-bond donors (Lipinski definition) is 3. The molecule has 0 saturated carbocycles. The van der Waals surface area contributed by atoms with Gasteiger partial charge in [-0.1, -0.05) is 0 Å². The molecule has 2 heterocycles. The van der Waals surface area contributed by atoms with Gasteiger partial charge in [0, 0.05) is 28.8 Å². The third-order valence-electron chi connectivity index (χ3n) is 3.71. The smallest absolute Gasteiger partial charge is 0.257 e. The Labute approximate surface area is 119 Å². The van der Waals surface area contributed by atoms with Gasteiger partial charge in [-0.3, -0.25) is 4.79 Å². The Balaban J connectivity index is 1.97. The van der Waals surface area contributed by atoms with Crippen molar-refractivity contribution in [2.24, 2.45) is 0 Å². The summed E-state index contributed by atoms with van der Waals surface area (Å²) >= 11 is 3.47. The summed E-state index contributed by atoms with van der Waals surface area (Å²) in [6.45, 7) is 3.14. The van der Waals surface area contributed by atoms with Crippen LogP contribution in [0.2, 0.25) is 0 Å². The number of amides is 1. The average molecular weight is 327 g/mol. The van der Waals surface area contributed by atoms with Gasteiger partial charge in [-0.25, -0.2) is 0 Å². The van der Waals surface area contributed by atoms with Gasteiger partial charge < -0.3 is 20.4 Å². The van der Waals surface area contributed by atoms with Crippen LogP contribution in [0.5, 0.6) is 0 Å². The number of anilines is 2. The summed E-state index contributed by atoms with van der Waals surface area (Å²) in [7, 11) is 0. The van der Waals surface area contributed by atoms with Gasteiger partial charge in [0.25, 0.3) is 5.91 Å². The van der Waals surface area contributed by atoms with Crippen molar-refractivity contribution in [2.75, 3.05) is 23.3 Å². The second-order valence-corrected chi connectivity index (χ2v) is 6.31. The molecule has 2 aliphatic heterocycles.